The van der Waals surface area contributed by atoms with Gasteiger partial charge in [-0.05, 0) is 18.8 Å². The van der Waals surface area contributed by atoms with Gasteiger partial charge in [-0.3, -0.25) is 4.79 Å². The maximum Gasteiger partial charge on any atom is 0.322 e. The molecule has 0 aromatic carbocycles. The molecule has 21 heavy (non-hydrogen) atoms. The summed E-state index contributed by atoms with van der Waals surface area (Å²) in [4.78, 5) is 25.8. The molecule has 0 atom stereocenters. The van der Waals surface area contributed by atoms with Gasteiger partial charge in [-0.1, -0.05) is 0 Å². The molecule has 0 radical (unpaired) electrons. The Morgan fingerprint density at radius 1 is 1.33 bits per heavy atom. The van der Waals surface area contributed by atoms with Gasteiger partial charge in [0.15, 0.2) is 0 Å². The maximum absolute atomic E-state index is 10.9. The quantitative estimate of drug-likeness (QED) is 0.805. The Morgan fingerprint density at radius 3 is 2.62 bits per heavy atom. The molecule has 116 valence electrons. The zero-order valence-electron chi connectivity index (χ0n) is 12.7. The highest BCUT2D eigenvalue weighted by Gasteiger charge is 2.22. The molecule has 1 fully saturated rings. The molecule has 1 aliphatic heterocycles. The summed E-state index contributed by atoms with van der Waals surface area (Å²) in [6.45, 7) is 4.01. The Bertz CT molecular complexity index is 465. The number of hydrogen-bond donors (Lipinski definition) is 2. The predicted octanol–water partition coefficient (Wildman–Crippen LogP) is 0.274. The van der Waals surface area contributed by atoms with Gasteiger partial charge in [0.05, 0.1) is 7.11 Å². The van der Waals surface area contributed by atoms with Crippen LogP contribution in [0.3, 0.4) is 0 Å². The SMILES string of the molecule is CNc1nc(OC)nc(N2CCC(CNC(C)=O)CC2)n1. The van der Waals surface area contributed by atoms with Gasteiger partial charge in [0.1, 0.15) is 0 Å². The van der Waals surface area contributed by atoms with Crippen molar-refractivity contribution in [2.45, 2.75) is 19.8 Å². The van der Waals surface area contributed by atoms with Gasteiger partial charge < -0.3 is 20.3 Å². The number of piperidine rings is 1. The molecule has 0 unspecified atom stereocenters. The molecule has 1 aliphatic rings. The number of carbonyl (C=O) groups is 1. The van der Waals surface area contributed by atoms with Gasteiger partial charge >= 0.3 is 6.01 Å². The molecule has 2 rings (SSSR count). The number of nitrogens with zero attached hydrogens (tertiary/aromatic N) is 4. The van der Waals surface area contributed by atoms with Crippen molar-refractivity contribution in [2.75, 3.05) is 44.0 Å². The Hall–Kier alpha value is -2.12. The Morgan fingerprint density at radius 2 is 2.05 bits per heavy atom. The first-order valence-electron chi connectivity index (χ1n) is 7.09. The van der Waals surface area contributed by atoms with E-state index in [0.29, 0.717) is 23.8 Å². The van der Waals surface area contributed by atoms with Crippen LogP contribution >= 0.6 is 0 Å². The number of methoxy groups -OCH3 is 1. The summed E-state index contributed by atoms with van der Waals surface area (Å²) >= 11 is 0. The number of hydrogen-bond acceptors (Lipinski definition) is 7. The van der Waals surface area contributed by atoms with Crippen molar-refractivity contribution in [1.82, 2.24) is 20.3 Å². The summed E-state index contributed by atoms with van der Waals surface area (Å²) in [5.41, 5.74) is 0. The predicted molar refractivity (Wildman–Crippen MR) is 79.5 cm³/mol. The summed E-state index contributed by atoms with van der Waals surface area (Å²) in [5.74, 6) is 1.66. The lowest BCUT2D eigenvalue weighted by molar-refractivity contribution is -0.119. The number of aromatic nitrogens is 3. The number of ether oxygens (including phenoxy) is 1. The fourth-order valence-corrected chi connectivity index (χ4v) is 2.32. The van der Waals surface area contributed by atoms with Crippen molar-refractivity contribution >= 4 is 17.8 Å². The minimum atomic E-state index is 0.0262. The van der Waals surface area contributed by atoms with E-state index in [4.69, 9.17) is 4.74 Å². The van der Waals surface area contributed by atoms with Gasteiger partial charge in [-0.2, -0.15) is 15.0 Å². The highest BCUT2D eigenvalue weighted by molar-refractivity contribution is 5.72. The molecule has 1 amide bonds. The minimum absolute atomic E-state index is 0.0262. The van der Waals surface area contributed by atoms with Crippen molar-refractivity contribution in [2.24, 2.45) is 5.92 Å². The number of carbonyl (C=O) groups excluding carboxylic acids is 1. The van der Waals surface area contributed by atoms with Gasteiger partial charge in [-0.25, -0.2) is 0 Å². The third-order valence-corrected chi connectivity index (χ3v) is 3.55. The van der Waals surface area contributed by atoms with E-state index in [0.717, 1.165) is 32.5 Å². The van der Waals surface area contributed by atoms with Gasteiger partial charge in [-0.15, -0.1) is 0 Å². The van der Waals surface area contributed by atoms with Crippen LogP contribution in [-0.4, -0.2) is 54.7 Å². The van der Waals surface area contributed by atoms with E-state index in [1.807, 2.05) is 0 Å². The lowest BCUT2D eigenvalue weighted by atomic mass is 9.97. The van der Waals surface area contributed by atoms with Gasteiger partial charge in [0.25, 0.3) is 0 Å². The van der Waals surface area contributed by atoms with Crippen LogP contribution in [0.1, 0.15) is 19.8 Å². The molecular formula is C13H22N6O2. The standard InChI is InChI=1S/C13H22N6O2/c1-9(20)15-8-10-4-6-19(7-5-10)12-16-11(14-2)17-13(18-12)21-3/h10H,4-8H2,1-3H3,(H,15,20)(H,14,16,17,18). The van der Waals surface area contributed by atoms with E-state index in [1.165, 1.54) is 7.11 Å². The molecule has 1 aromatic rings. The molecule has 1 aromatic heterocycles. The van der Waals surface area contributed by atoms with Crippen molar-refractivity contribution in [3.8, 4) is 6.01 Å². The van der Waals surface area contributed by atoms with Crippen molar-refractivity contribution in [3.63, 3.8) is 0 Å². The van der Waals surface area contributed by atoms with Crippen LogP contribution < -0.4 is 20.3 Å². The molecule has 8 heteroatoms. The van der Waals surface area contributed by atoms with E-state index >= 15 is 0 Å². The van der Waals surface area contributed by atoms with Crippen LogP contribution in [0.25, 0.3) is 0 Å². The van der Waals surface area contributed by atoms with Crippen molar-refractivity contribution in [1.29, 1.82) is 0 Å². The zero-order valence-corrected chi connectivity index (χ0v) is 12.7. The lowest BCUT2D eigenvalue weighted by Crippen LogP contribution is -2.39. The first-order chi connectivity index (χ1) is 10.1. The molecular weight excluding hydrogens is 272 g/mol. The largest absolute Gasteiger partial charge is 0.467 e. The topological polar surface area (TPSA) is 92.3 Å². The second kappa shape index (κ2) is 7.05. The van der Waals surface area contributed by atoms with Crippen molar-refractivity contribution < 1.29 is 9.53 Å². The van der Waals surface area contributed by atoms with Crippen LogP contribution in [0.2, 0.25) is 0 Å². The van der Waals surface area contributed by atoms with E-state index in [1.54, 1.807) is 14.0 Å². The smallest absolute Gasteiger partial charge is 0.322 e. The van der Waals surface area contributed by atoms with E-state index in [2.05, 4.69) is 30.5 Å². The average Bonchev–Trinajstić information content (AvgIpc) is 2.52. The van der Waals surface area contributed by atoms with Crippen LogP contribution in [0.15, 0.2) is 0 Å². The van der Waals surface area contributed by atoms with Crippen LogP contribution in [0, 0.1) is 5.92 Å². The van der Waals surface area contributed by atoms with Crippen LogP contribution in [0.5, 0.6) is 6.01 Å². The first-order valence-corrected chi connectivity index (χ1v) is 7.09. The summed E-state index contributed by atoms with van der Waals surface area (Å²) < 4.78 is 5.10. The number of rotatable bonds is 5. The Balaban J connectivity index is 1.96. The van der Waals surface area contributed by atoms with Gasteiger partial charge in [0, 0.05) is 33.6 Å². The Kier molecular flexibility index (Phi) is 5.13. The fourth-order valence-electron chi connectivity index (χ4n) is 2.32. The highest BCUT2D eigenvalue weighted by Crippen LogP contribution is 2.22. The lowest BCUT2D eigenvalue weighted by Gasteiger charge is -2.32. The van der Waals surface area contributed by atoms with E-state index in [-0.39, 0.29) is 5.91 Å². The molecule has 0 saturated carbocycles. The van der Waals surface area contributed by atoms with Gasteiger partial charge in [0.2, 0.25) is 17.8 Å². The highest BCUT2D eigenvalue weighted by atomic mass is 16.5. The monoisotopic (exact) mass is 294 g/mol. The fraction of sp³-hybridized carbons (Fsp3) is 0.692. The van der Waals surface area contributed by atoms with Crippen LogP contribution in [0.4, 0.5) is 11.9 Å². The molecule has 0 aliphatic carbocycles. The van der Waals surface area contributed by atoms with Crippen LogP contribution in [-0.2, 0) is 4.79 Å². The zero-order chi connectivity index (χ0) is 15.2. The third kappa shape index (κ3) is 4.17. The number of nitrogens with one attached hydrogen (secondary N) is 2. The normalized spacial score (nSPS) is 15.7. The van der Waals surface area contributed by atoms with E-state index in [9.17, 15) is 4.79 Å². The average molecular weight is 294 g/mol. The van der Waals surface area contributed by atoms with Crippen molar-refractivity contribution in [3.05, 3.63) is 0 Å². The minimum Gasteiger partial charge on any atom is -0.467 e. The maximum atomic E-state index is 10.9. The van der Waals surface area contributed by atoms with E-state index < -0.39 is 0 Å². The summed E-state index contributed by atoms with van der Waals surface area (Å²) in [6, 6.07) is 0.310. The molecule has 8 nitrogen and oxygen atoms in total. The molecule has 0 bridgehead atoms. The summed E-state index contributed by atoms with van der Waals surface area (Å²) in [6.07, 6.45) is 2.01. The second-order valence-electron chi connectivity index (χ2n) is 5.06. The Labute approximate surface area is 124 Å². The molecule has 1 saturated heterocycles. The molecule has 2 heterocycles. The first kappa shape index (κ1) is 15.3. The molecule has 2 N–H and O–H groups in total. The third-order valence-electron chi connectivity index (χ3n) is 3.55. The number of anilines is 2. The molecule has 0 spiro atoms. The summed E-state index contributed by atoms with van der Waals surface area (Å²) in [7, 11) is 3.30. The second-order valence-corrected chi connectivity index (χ2v) is 5.06. The summed E-state index contributed by atoms with van der Waals surface area (Å²) in [5, 5.41) is 5.78. The number of amides is 1.